The molecule has 0 unspecified atom stereocenters. The van der Waals surface area contributed by atoms with Crippen LogP contribution in [0.2, 0.25) is 0 Å². The molecule has 1 amide bonds. The van der Waals surface area contributed by atoms with Crippen LogP contribution in [0.4, 0.5) is 5.69 Å². The Kier molecular flexibility index (Phi) is 5.66. The lowest BCUT2D eigenvalue weighted by atomic mass is 10.2. The van der Waals surface area contributed by atoms with Crippen LogP contribution in [0.25, 0.3) is 0 Å². The van der Waals surface area contributed by atoms with E-state index in [9.17, 15) is 14.7 Å². The quantitative estimate of drug-likeness (QED) is 0.779. The van der Waals surface area contributed by atoms with Gasteiger partial charge < -0.3 is 24.7 Å². The lowest BCUT2D eigenvalue weighted by Crippen LogP contribution is -2.22. The maximum Gasteiger partial charge on any atom is 0.224 e. The average Bonchev–Trinajstić information content (AvgIpc) is 2.38. The number of carboxylic acids is 1. The summed E-state index contributed by atoms with van der Waals surface area (Å²) in [5.41, 5.74) is 0.516. The number of ether oxygens (including phenoxy) is 2. The lowest BCUT2D eigenvalue weighted by molar-refractivity contribution is -0.305. The Labute approximate surface area is 111 Å². The molecule has 1 N–H and O–H groups in total. The van der Waals surface area contributed by atoms with E-state index in [1.165, 1.54) is 14.2 Å². The standard InChI is InChI=1S/C13H17NO5/c1-18-9-6-7-10(11(8-9)19-2)14-12(15)4-3-5-13(16)17/h6-8H,3-5H2,1-2H3,(H,14,15)(H,16,17)/p-1. The number of nitrogens with one attached hydrogen (secondary N) is 1. The third-order valence-corrected chi connectivity index (χ3v) is 2.47. The van der Waals surface area contributed by atoms with Gasteiger partial charge in [0.1, 0.15) is 11.5 Å². The molecular weight excluding hydrogens is 250 g/mol. The second-order valence-corrected chi connectivity index (χ2v) is 3.84. The highest BCUT2D eigenvalue weighted by Crippen LogP contribution is 2.29. The van der Waals surface area contributed by atoms with E-state index in [1.807, 2.05) is 0 Å². The second kappa shape index (κ2) is 7.25. The van der Waals surface area contributed by atoms with Gasteiger partial charge in [0.25, 0.3) is 0 Å². The van der Waals surface area contributed by atoms with Crippen LogP contribution < -0.4 is 19.9 Å². The number of hydrogen-bond acceptors (Lipinski definition) is 5. The Hall–Kier alpha value is -2.24. The van der Waals surface area contributed by atoms with Crippen LogP contribution in [-0.2, 0) is 9.59 Å². The summed E-state index contributed by atoms with van der Waals surface area (Å²) in [6, 6.07) is 5.00. The van der Waals surface area contributed by atoms with E-state index in [-0.39, 0.29) is 25.2 Å². The number of anilines is 1. The number of benzene rings is 1. The Bertz CT molecular complexity index is 458. The summed E-state index contributed by atoms with van der Waals surface area (Å²) in [6.07, 6.45) is 0.225. The van der Waals surface area contributed by atoms with Crippen molar-refractivity contribution in [3.8, 4) is 11.5 Å². The monoisotopic (exact) mass is 266 g/mol. The Morgan fingerprint density at radius 2 is 1.95 bits per heavy atom. The minimum absolute atomic E-state index is 0.114. The Morgan fingerprint density at radius 3 is 2.53 bits per heavy atom. The average molecular weight is 266 g/mol. The first kappa shape index (κ1) is 14.8. The molecule has 0 saturated carbocycles. The van der Waals surface area contributed by atoms with Gasteiger partial charge in [-0.2, -0.15) is 0 Å². The van der Waals surface area contributed by atoms with Crippen LogP contribution in [-0.4, -0.2) is 26.1 Å². The van der Waals surface area contributed by atoms with Crippen molar-refractivity contribution in [3.63, 3.8) is 0 Å². The molecule has 0 radical (unpaired) electrons. The molecule has 1 aromatic carbocycles. The van der Waals surface area contributed by atoms with Crippen LogP contribution in [0.5, 0.6) is 11.5 Å². The zero-order valence-electron chi connectivity index (χ0n) is 10.9. The molecule has 0 aliphatic heterocycles. The number of amides is 1. The topological polar surface area (TPSA) is 87.7 Å². The molecule has 6 heteroatoms. The zero-order valence-corrected chi connectivity index (χ0v) is 10.9. The summed E-state index contributed by atoms with van der Waals surface area (Å²) in [7, 11) is 3.02. The Morgan fingerprint density at radius 1 is 1.21 bits per heavy atom. The van der Waals surface area contributed by atoms with Crippen molar-refractivity contribution in [2.75, 3.05) is 19.5 Å². The van der Waals surface area contributed by atoms with E-state index < -0.39 is 5.97 Å². The van der Waals surface area contributed by atoms with E-state index in [0.717, 1.165) is 0 Å². The largest absolute Gasteiger partial charge is 0.550 e. The minimum atomic E-state index is -1.16. The number of carboxylic acid groups (broad SMARTS) is 1. The fourth-order valence-corrected chi connectivity index (χ4v) is 1.51. The summed E-state index contributed by atoms with van der Waals surface area (Å²) in [5.74, 6) is -0.334. The molecular formula is C13H16NO5-. The third-order valence-electron chi connectivity index (χ3n) is 2.47. The SMILES string of the molecule is COc1ccc(NC(=O)CCCC(=O)[O-])c(OC)c1. The number of carbonyl (C=O) groups excluding carboxylic acids is 2. The van der Waals surface area contributed by atoms with Gasteiger partial charge in [0.2, 0.25) is 5.91 Å². The maximum atomic E-state index is 11.6. The van der Waals surface area contributed by atoms with Crippen LogP contribution in [0.1, 0.15) is 19.3 Å². The molecule has 1 aromatic rings. The maximum absolute atomic E-state index is 11.6. The number of hydrogen-bond donors (Lipinski definition) is 1. The smallest absolute Gasteiger partial charge is 0.224 e. The highest BCUT2D eigenvalue weighted by Gasteiger charge is 2.08. The van der Waals surface area contributed by atoms with Gasteiger partial charge in [-0.3, -0.25) is 4.79 Å². The van der Waals surface area contributed by atoms with E-state index in [0.29, 0.717) is 17.2 Å². The van der Waals surface area contributed by atoms with Crippen molar-refractivity contribution in [1.29, 1.82) is 0 Å². The summed E-state index contributed by atoms with van der Waals surface area (Å²) < 4.78 is 10.2. The molecule has 0 saturated heterocycles. The molecule has 0 aliphatic rings. The molecule has 0 fully saturated rings. The van der Waals surface area contributed by atoms with Crippen LogP contribution in [0, 0.1) is 0 Å². The lowest BCUT2D eigenvalue weighted by Gasteiger charge is -2.11. The van der Waals surface area contributed by atoms with Gasteiger partial charge in [-0.15, -0.1) is 0 Å². The molecule has 0 bridgehead atoms. The van der Waals surface area contributed by atoms with Crippen LogP contribution in [0.15, 0.2) is 18.2 Å². The van der Waals surface area contributed by atoms with Gasteiger partial charge in [0.15, 0.2) is 0 Å². The van der Waals surface area contributed by atoms with E-state index in [1.54, 1.807) is 18.2 Å². The summed E-state index contributed by atoms with van der Waals surface area (Å²) >= 11 is 0. The number of aliphatic carboxylic acids is 1. The van der Waals surface area contributed by atoms with Crippen molar-refractivity contribution in [2.24, 2.45) is 0 Å². The van der Waals surface area contributed by atoms with Gasteiger partial charge in [0.05, 0.1) is 19.9 Å². The predicted octanol–water partition coefficient (Wildman–Crippen LogP) is 0.562. The van der Waals surface area contributed by atoms with Crippen molar-refractivity contribution >= 4 is 17.6 Å². The molecule has 0 heterocycles. The van der Waals surface area contributed by atoms with Gasteiger partial charge in [0, 0.05) is 18.5 Å². The zero-order chi connectivity index (χ0) is 14.3. The van der Waals surface area contributed by atoms with Crippen LogP contribution >= 0.6 is 0 Å². The fourth-order valence-electron chi connectivity index (χ4n) is 1.51. The molecule has 6 nitrogen and oxygen atoms in total. The molecule has 0 spiro atoms. The van der Waals surface area contributed by atoms with Crippen molar-refractivity contribution in [2.45, 2.75) is 19.3 Å². The van der Waals surface area contributed by atoms with Crippen molar-refractivity contribution in [1.82, 2.24) is 0 Å². The number of rotatable bonds is 7. The summed E-state index contributed by atoms with van der Waals surface area (Å²) in [5, 5.41) is 12.9. The van der Waals surface area contributed by atoms with Gasteiger partial charge in [-0.1, -0.05) is 0 Å². The van der Waals surface area contributed by atoms with E-state index in [2.05, 4.69) is 5.32 Å². The second-order valence-electron chi connectivity index (χ2n) is 3.84. The molecule has 0 aromatic heterocycles. The first-order valence-electron chi connectivity index (χ1n) is 5.78. The third kappa shape index (κ3) is 4.87. The normalized spacial score (nSPS) is 9.79. The molecule has 0 atom stereocenters. The first-order valence-corrected chi connectivity index (χ1v) is 5.78. The van der Waals surface area contributed by atoms with E-state index >= 15 is 0 Å². The number of methoxy groups -OCH3 is 2. The minimum Gasteiger partial charge on any atom is -0.550 e. The van der Waals surface area contributed by atoms with Crippen molar-refractivity contribution < 1.29 is 24.2 Å². The van der Waals surface area contributed by atoms with Gasteiger partial charge in [-0.25, -0.2) is 0 Å². The summed E-state index contributed by atoms with van der Waals surface area (Å²) in [6.45, 7) is 0. The molecule has 104 valence electrons. The predicted molar refractivity (Wildman–Crippen MR) is 67.0 cm³/mol. The van der Waals surface area contributed by atoms with E-state index in [4.69, 9.17) is 9.47 Å². The molecule has 1 rings (SSSR count). The first-order chi connectivity index (χ1) is 9.06. The molecule has 19 heavy (non-hydrogen) atoms. The van der Waals surface area contributed by atoms with Crippen molar-refractivity contribution in [3.05, 3.63) is 18.2 Å². The van der Waals surface area contributed by atoms with Gasteiger partial charge >= 0.3 is 0 Å². The van der Waals surface area contributed by atoms with Crippen LogP contribution in [0.3, 0.4) is 0 Å². The highest BCUT2D eigenvalue weighted by atomic mass is 16.5. The summed E-state index contributed by atoms with van der Waals surface area (Å²) in [4.78, 5) is 21.8. The fraction of sp³-hybridized carbons (Fsp3) is 0.385. The number of carbonyl (C=O) groups is 2. The highest BCUT2D eigenvalue weighted by molar-refractivity contribution is 5.92. The molecule has 0 aliphatic carbocycles. The van der Waals surface area contributed by atoms with Gasteiger partial charge in [-0.05, 0) is 25.0 Å². The Balaban J connectivity index is 2.60.